The van der Waals surface area contributed by atoms with Crippen molar-refractivity contribution in [3.63, 3.8) is 0 Å². The minimum absolute atomic E-state index is 0.00905. The summed E-state index contributed by atoms with van der Waals surface area (Å²) in [6.45, 7) is 6.22. The van der Waals surface area contributed by atoms with Gasteiger partial charge in [-0.3, -0.25) is 9.71 Å². The second kappa shape index (κ2) is 6.15. The van der Waals surface area contributed by atoms with Crippen molar-refractivity contribution in [2.45, 2.75) is 38.3 Å². The number of aryl methyl sites for hydroxylation is 2. The number of aromatic nitrogens is 4. The third-order valence-electron chi connectivity index (χ3n) is 3.86. The van der Waals surface area contributed by atoms with Crippen LogP contribution in [-0.4, -0.2) is 41.0 Å². The third-order valence-corrected chi connectivity index (χ3v) is 5.09. The first-order valence-electron chi connectivity index (χ1n) is 7.63. The Morgan fingerprint density at radius 3 is 2.61 bits per heavy atom. The first-order valence-corrected chi connectivity index (χ1v) is 9.11. The molecule has 1 aliphatic heterocycles. The molecular formula is C14H20N6O2S. The fraction of sp³-hybridized carbons (Fsp3) is 0.500. The van der Waals surface area contributed by atoms with Gasteiger partial charge in [0.15, 0.2) is 10.8 Å². The van der Waals surface area contributed by atoms with E-state index in [-0.39, 0.29) is 10.8 Å². The van der Waals surface area contributed by atoms with E-state index in [0.29, 0.717) is 18.2 Å². The SMILES string of the molecule is CCn1cc(S(=O)(=O)Nc2cncc(N3CCCC3)n2)nc1C. The Hall–Kier alpha value is -2.16. The van der Waals surface area contributed by atoms with Crippen molar-refractivity contribution >= 4 is 21.7 Å². The maximum atomic E-state index is 12.4. The molecule has 0 radical (unpaired) electrons. The standard InChI is InChI=1S/C14H20N6O2S/c1-3-19-10-14(16-11(19)2)23(21,22)18-12-8-15-9-13(17-12)20-6-4-5-7-20/h8-10H,3-7H2,1-2H3,(H,17,18). The summed E-state index contributed by atoms with van der Waals surface area (Å²) in [4.78, 5) is 14.6. The van der Waals surface area contributed by atoms with Gasteiger partial charge in [0.05, 0.1) is 12.4 Å². The molecule has 2 aromatic heterocycles. The summed E-state index contributed by atoms with van der Waals surface area (Å²) >= 11 is 0. The minimum atomic E-state index is -3.77. The van der Waals surface area contributed by atoms with E-state index in [9.17, 15) is 8.42 Å². The zero-order valence-corrected chi connectivity index (χ0v) is 14.0. The van der Waals surface area contributed by atoms with E-state index in [4.69, 9.17) is 0 Å². The van der Waals surface area contributed by atoms with E-state index in [1.165, 1.54) is 12.4 Å². The maximum absolute atomic E-state index is 12.4. The number of rotatable bonds is 5. The molecule has 0 saturated carbocycles. The van der Waals surface area contributed by atoms with E-state index < -0.39 is 10.0 Å². The van der Waals surface area contributed by atoms with Crippen molar-refractivity contribution < 1.29 is 8.42 Å². The summed E-state index contributed by atoms with van der Waals surface area (Å²) in [7, 11) is -3.77. The fourth-order valence-electron chi connectivity index (χ4n) is 2.62. The lowest BCUT2D eigenvalue weighted by Gasteiger charge is -2.16. The van der Waals surface area contributed by atoms with Crippen molar-refractivity contribution in [1.29, 1.82) is 0 Å². The molecule has 1 saturated heterocycles. The summed E-state index contributed by atoms with van der Waals surface area (Å²) in [5.41, 5.74) is 0. The van der Waals surface area contributed by atoms with Crippen LogP contribution >= 0.6 is 0 Å². The first-order chi connectivity index (χ1) is 11.0. The summed E-state index contributed by atoms with van der Waals surface area (Å²) in [6, 6.07) is 0. The van der Waals surface area contributed by atoms with Crippen LogP contribution in [-0.2, 0) is 16.6 Å². The summed E-state index contributed by atoms with van der Waals surface area (Å²) in [6.07, 6.45) is 6.81. The molecule has 0 atom stereocenters. The van der Waals surface area contributed by atoms with Gasteiger partial charge >= 0.3 is 0 Å². The molecule has 0 amide bonds. The van der Waals surface area contributed by atoms with E-state index in [1.54, 1.807) is 17.7 Å². The van der Waals surface area contributed by atoms with Gasteiger partial charge in [0.2, 0.25) is 0 Å². The Morgan fingerprint density at radius 2 is 1.96 bits per heavy atom. The van der Waals surface area contributed by atoms with Gasteiger partial charge in [0.1, 0.15) is 11.6 Å². The molecule has 3 rings (SSSR count). The number of nitrogens with one attached hydrogen (secondary N) is 1. The molecule has 3 heterocycles. The molecule has 0 unspecified atom stereocenters. The van der Waals surface area contributed by atoms with Crippen LogP contribution in [0, 0.1) is 6.92 Å². The lowest BCUT2D eigenvalue weighted by atomic mass is 10.4. The summed E-state index contributed by atoms with van der Waals surface area (Å²) in [5.74, 6) is 1.56. The number of imidazole rings is 1. The van der Waals surface area contributed by atoms with Crippen LogP contribution in [0.2, 0.25) is 0 Å². The largest absolute Gasteiger partial charge is 0.355 e. The minimum Gasteiger partial charge on any atom is -0.355 e. The number of hydrogen-bond donors (Lipinski definition) is 1. The zero-order valence-electron chi connectivity index (χ0n) is 13.2. The second-order valence-corrected chi connectivity index (χ2v) is 7.10. The van der Waals surface area contributed by atoms with Crippen molar-refractivity contribution in [2.24, 2.45) is 0 Å². The smallest absolute Gasteiger partial charge is 0.282 e. The fourth-order valence-corrected chi connectivity index (χ4v) is 3.62. The Balaban J connectivity index is 1.83. The van der Waals surface area contributed by atoms with Crippen LogP contribution in [0.15, 0.2) is 23.6 Å². The Kier molecular flexibility index (Phi) is 4.20. The van der Waals surface area contributed by atoms with Gasteiger partial charge in [0, 0.05) is 25.8 Å². The Morgan fingerprint density at radius 1 is 1.22 bits per heavy atom. The number of anilines is 2. The monoisotopic (exact) mass is 336 g/mol. The normalized spacial score (nSPS) is 15.1. The van der Waals surface area contributed by atoms with Gasteiger partial charge in [-0.15, -0.1) is 0 Å². The van der Waals surface area contributed by atoms with Crippen LogP contribution in [0.4, 0.5) is 11.6 Å². The Labute approximate surface area is 135 Å². The van der Waals surface area contributed by atoms with Crippen molar-refractivity contribution in [1.82, 2.24) is 19.5 Å². The highest BCUT2D eigenvalue weighted by atomic mass is 32.2. The molecule has 9 heteroatoms. The molecule has 2 aromatic rings. The molecular weight excluding hydrogens is 316 g/mol. The third kappa shape index (κ3) is 3.29. The molecule has 1 N–H and O–H groups in total. The van der Waals surface area contributed by atoms with E-state index in [0.717, 1.165) is 25.9 Å². The highest BCUT2D eigenvalue weighted by molar-refractivity contribution is 7.92. The second-order valence-electron chi connectivity index (χ2n) is 5.47. The zero-order chi connectivity index (χ0) is 16.4. The number of hydrogen-bond acceptors (Lipinski definition) is 6. The predicted molar refractivity (Wildman–Crippen MR) is 86.9 cm³/mol. The Bertz CT molecular complexity index is 795. The average molecular weight is 336 g/mol. The molecule has 124 valence electrons. The van der Waals surface area contributed by atoms with Crippen molar-refractivity contribution in [3.8, 4) is 0 Å². The van der Waals surface area contributed by atoms with Gasteiger partial charge in [-0.2, -0.15) is 8.42 Å². The van der Waals surface area contributed by atoms with Crippen LogP contribution in [0.25, 0.3) is 0 Å². The lowest BCUT2D eigenvalue weighted by molar-refractivity contribution is 0.597. The van der Waals surface area contributed by atoms with Crippen LogP contribution in [0.3, 0.4) is 0 Å². The van der Waals surface area contributed by atoms with Gasteiger partial charge in [-0.25, -0.2) is 9.97 Å². The molecule has 1 aliphatic rings. The molecule has 0 bridgehead atoms. The van der Waals surface area contributed by atoms with Gasteiger partial charge in [-0.1, -0.05) is 0 Å². The van der Waals surface area contributed by atoms with Crippen LogP contribution < -0.4 is 9.62 Å². The summed E-state index contributed by atoms with van der Waals surface area (Å²) in [5, 5.41) is -0.00905. The molecule has 0 aromatic carbocycles. The highest BCUT2D eigenvalue weighted by Crippen LogP contribution is 2.20. The molecule has 0 spiro atoms. The first kappa shape index (κ1) is 15.7. The van der Waals surface area contributed by atoms with Gasteiger partial charge < -0.3 is 9.47 Å². The average Bonchev–Trinajstić information content (AvgIpc) is 3.16. The maximum Gasteiger partial charge on any atom is 0.282 e. The number of sulfonamides is 1. The van der Waals surface area contributed by atoms with Gasteiger partial charge in [-0.05, 0) is 26.7 Å². The molecule has 23 heavy (non-hydrogen) atoms. The summed E-state index contributed by atoms with van der Waals surface area (Å²) < 4.78 is 29.1. The molecule has 0 aliphatic carbocycles. The number of nitrogens with zero attached hydrogens (tertiary/aromatic N) is 5. The van der Waals surface area contributed by atoms with Gasteiger partial charge in [0.25, 0.3) is 10.0 Å². The lowest BCUT2D eigenvalue weighted by Crippen LogP contribution is -2.21. The van der Waals surface area contributed by atoms with E-state index in [1.807, 2.05) is 6.92 Å². The van der Waals surface area contributed by atoms with E-state index in [2.05, 4.69) is 24.6 Å². The topological polar surface area (TPSA) is 93.0 Å². The molecule has 1 fully saturated rings. The van der Waals surface area contributed by atoms with Crippen molar-refractivity contribution in [2.75, 3.05) is 22.7 Å². The van der Waals surface area contributed by atoms with Crippen molar-refractivity contribution in [3.05, 3.63) is 24.4 Å². The quantitative estimate of drug-likeness (QED) is 0.887. The highest BCUT2D eigenvalue weighted by Gasteiger charge is 2.21. The van der Waals surface area contributed by atoms with Crippen LogP contribution in [0.5, 0.6) is 0 Å². The van der Waals surface area contributed by atoms with Crippen LogP contribution in [0.1, 0.15) is 25.6 Å². The molecule has 8 nitrogen and oxygen atoms in total. The predicted octanol–water partition coefficient (Wildman–Crippen LogP) is 1.40. The van der Waals surface area contributed by atoms with E-state index >= 15 is 0 Å².